The normalized spacial score (nSPS) is 39.8. The van der Waals surface area contributed by atoms with Gasteiger partial charge in [-0.1, -0.05) is 68.0 Å². The SMILES string of the molecule is CC(C)(C)O[C@H]1CC[C@@]2(C)C(=CC[C@H]3[C@@H]4CC[C@H](c5ccc6ccccc6c5)[C@@]4(C)CC[C@@H]32)C1. The second-order valence-corrected chi connectivity index (χ2v) is 13.6. The molecule has 0 amide bonds. The lowest BCUT2D eigenvalue weighted by atomic mass is 9.47. The van der Waals surface area contributed by atoms with E-state index in [4.69, 9.17) is 4.74 Å². The number of ether oxygens (including phenoxy) is 1. The molecule has 0 aliphatic heterocycles. The van der Waals surface area contributed by atoms with Crippen LogP contribution < -0.4 is 0 Å². The summed E-state index contributed by atoms with van der Waals surface area (Å²) in [5.41, 5.74) is 4.16. The van der Waals surface area contributed by atoms with Crippen molar-refractivity contribution in [1.29, 1.82) is 0 Å². The highest BCUT2D eigenvalue weighted by Crippen LogP contribution is 2.68. The summed E-state index contributed by atoms with van der Waals surface area (Å²) in [6, 6.07) is 16.2. The lowest BCUT2D eigenvalue weighted by molar-refractivity contribution is -0.0922. The number of hydrogen-bond acceptors (Lipinski definition) is 1. The van der Waals surface area contributed by atoms with Crippen LogP contribution in [0.25, 0.3) is 10.8 Å². The minimum atomic E-state index is -0.0373. The van der Waals surface area contributed by atoms with Gasteiger partial charge < -0.3 is 4.74 Å². The molecule has 0 bridgehead atoms. The first-order valence-corrected chi connectivity index (χ1v) is 14.0. The van der Waals surface area contributed by atoms with Crippen molar-refractivity contribution < 1.29 is 4.74 Å². The van der Waals surface area contributed by atoms with E-state index in [1.165, 1.54) is 62.1 Å². The first kappa shape index (κ1) is 22.8. The van der Waals surface area contributed by atoms with Crippen LogP contribution in [0.4, 0.5) is 0 Å². The Balaban J connectivity index is 1.26. The molecule has 0 aromatic heterocycles. The molecule has 0 heterocycles. The summed E-state index contributed by atoms with van der Waals surface area (Å²) in [6.45, 7) is 11.9. The smallest absolute Gasteiger partial charge is 0.0619 e. The Hall–Kier alpha value is -1.60. The highest BCUT2D eigenvalue weighted by Gasteiger charge is 2.58. The predicted octanol–water partition coefficient (Wildman–Crippen LogP) is 9.07. The topological polar surface area (TPSA) is 9.23 Å². The van der Waals surface area contributed by atoms with Crippen molar-refractivity contribution in [2.24, 2.45) is 28.6 Å². The molecule has 2 aromatic rings. The zero-order valence-electron chi connectivity index (χ0n) is 22.1. The molecule has 182 valence electrons. The average molecular weight is 457 g/mol. The molecule has 0 radical (unpaired) electrons. The molecule has 4 aliphatic carbocycles. The van der Waals surface area contributed by atoms with Gasteiger partial charge in [-0.05, 0) is 123 Å². The molecule has 34 heavy (non-hydrogen) atoms. The lowest BCUT2D eigenvalue weighted by Crippen LogP contribution is -2.50. The van der Waals surface area contributed by atoms with Crippen molar-refractivity contribution in [3.8, 4) is 0 Å². The fourth-order valence-corrected chi connectivity index (χ4v) is 9.20. The average Bonchev–Trinajstić information content (AvgIpc) is 3.15. The van der Waals surface area contributed by atoms with E-state index in [0.717, 1.165) is 23.7 Å². The number of rotatable bonds is 2. The van der Waals surface area contributed by atoms with Crippen molar-refractivity contribution in [3.05, 3.63) is 59.7 Å². The van der Waals surface area contributed by atoms with Gasteiger partial charge in [-0.15, -0.1) is 0 Å². The summed E-state index contributed by atoms with van der Waals surface area (Å²) in [5.74, 6) is 3.34. The van der Waals surface area contributed by atoms with Crippen molar-refractivity contribution >= 4 is 10.8 Å². The van der Waals surface area contributed by atoms with E-state index in [9.17, 15) is 0 Å². The molecule has 3 saturated carbocycles. The fourth-order valence-electron chi connectivity index (χ4n) is 9.20. The van der Waals surface area contributed by atoms with E-state index in [1.54, 1.807) is 11.1 Å². The Morgan fingerprint density at radius 2 is 1.65 bits per heavy atom. The Labute approximate surface area is 207 Å². The third kappa shape index (κ3) is 3.60. The minimum absolute atomic E-state index is 0.0373. The molecule has 0 unspecified atom stereocenters. The van der Waals surface area contributed by atoms with Gasteiger partial charge in [0.1, 0.15) is 0 Å². The second-order valence-electron chi connectivity index (χ2n) is 13.6. The van der Waals surface area contributed by atoms with Crippen LogP contribution in [-0.2, 0) is 4.74 Å². The molecule has 2 aromatic carbocycles. The Kier molecular flexibility index (Phi) is 5.34. The van der Waals surface area contributed by atoms with E-state index in [1.807, 2.05) is 0 Å². The molecule has 1 nitrogen and oxygen atoms in total. The monoisotopic (exact) mass is 456 g/mol. The minimum Gasteiger partial charge on any atom is -0.372 e. The molecule has 0 saturated heterocycles. The van der Waals surface area contributed by atoms with Gasteiger partial charge in [-0.2, -0.15) is 0 Å². The van der Waals surface area contributed by atoms with Crippen molar-refractivity contribution in [1.82, 2.24) is 0 Å². The maximum atomic E-state index is 6.45. The predicted molar refractivity (Wildman–Crippen MR) is 143 cm³/mol. The molecule has 0 N–H and O–H groups in total. The highest BCUT2D eigenvalue weighted by molar-refractivity contribution is 5.83. The maximum absolute atomic E-state index is 6.45. The number of allylic oxidation sites excluding steroid dienone is 1. The summed E-state index contributed by atoms with van der Waals surface area (Å²) in [7, 11) is 0. The van der Waals surface area contributed by atoms with Gasteiger partial charge in [0.15, 0.2) is 0 Å². The van der Waals surface area contributed by atoms with Crippen LogP contribution in [0.15, 0.2) is 54.1 Å². The van der Waals surface area contributed by atoms with Crippen molar-refractivity contribution in [2.45, 2.75) is 104 Å². The number of benzene rings is 2. The zero-order valence-corrected chi connectivity index (χ0v) is 22.1. The molecule has 4 aliphatic rings. The molecular weight excluding hydrogens is 412 g/mol. The Morgan fingerprint density at radius 3 is 2.44 bits per heavy atom. The van der Waals surface area contributed by atoms with Gasteiger partial charge >= 0.3 is 0 Å². The first-order chi connectivity index (χ1) is 16.2. The van der Waals surface area contributed by atoms with Gasteiger partial charge in [0.25, 0.3) is 0 Å². The van der Waals surface area contributed by atoms with Crippen LogP contribution in [0.5, 0.6) is 0 Å². The largest absolute Gasteiger partial charge is 0.372 e. The summed E-state index contributed by atoms with van der Waals surface area (Å²) in [6.07, 6.45) is 13.7. The third-order valence-electron chi connectivity index (χ3n) is 10.8. The van der Waals surface area contributed by atoms with Crippen LogP contribution in [0, 0.1) is 28.6 Å². The Bertz CT molecular complexity index is 1100. The molecular formula is C33H44O. The quantitative estimate of drug-likeness (QED) is 0.409. The summed E-state index contributed by atoms with van der Waals surface area (Å²) >= 11 is 0. The molecule has 1 heteroatoms. The van der Waals surface area contributed by atoms with Crippen molar-refractivity contribution in [2.75, 3.05) is 0 Å². The first-order valence-electron chi connectivity index (χ1n) is 14.0. The molecule has 7 atom stereocenters. The third-order valence-corrected chi connectivity index (χ3v) is 10.8. The lowest BCUT2D eigenvalue weighted by Gasteiger charge is -2.58. The molecule has 0 spiro atoms. The van der Waals surface area contributed by atoms with Crippen LogP contribution >= 0.6 is 0 Å². The van der Waals surface area contributed by atoms with E-state index < -0.39 is 0 Å². The Morgan fingerprint density at radius 1 is 0.853 bits per heavy atom. The number of hydrogen-bond donors (Lipinski definition) is 0. The van der Waals surface area contributed by atoms with Gasteiger partial charge in [0.05, 0.1) is 11.7 Å². The summed E-state index contributed by atoms with van der Waals surface area (Å²) < 4.78 is 6.45. The van der Waals surface area contributed by atoms with E-state index in [0.29, 0.717) is 16.9 Å². The second kappa shape index (κ2) is 7.95. The number of fused-ring (bicyclic) bond motifs is 6. The highest BCUT2D eigenvalue weighted by atomic mass is 16.5. The fraction of sp³-hybridized carbons (Fsp3) is 0.636. The van der Waals surface area contributed by atoms with Crippen LogP contribution in [0.3, 0.4) is 0 Å². The summed E-state index contributed by atoms with van der Waals surface area (Å²) in [4.78, 5) is 0. The van der Waals surface area contributed by atoms with Gasteiger partial charge in [-0.25, -0.2) is 0 Å². The standard InChI is InChI=1S/C33H44O/c1-31(2,3)34-26-16-18-32(4)25(21-26)12-13-27-29-15-14-28(33(29,5)19-17-30(27)32)24-11-10-22-8-6-7-9-23(22)20-24/h6-12,20,26-30H,13-19,21H2,1-5H3/t26-,27-,28+,29-,30-,32-,33+/m0/s1. The van der Waals surface area contributed by atoms with E-state index in [-0.39, 0.29) is 5.60 Å². The van der Waals surface area contributed by atoms with Crippen LogP contribution in [-0.4, -0.2) is 11.7 Å². The van der Waals surface area contributed by atoms with Gasteiger partial charge in [-0.3, -0.25) is 0 Å². The van der Waals surface area contributed by atoms with Crippen molar-refractivity contribution in [3.63, 3.8) is 0 Å². The van der Waals surface area contributed by atoms with E-state index >= 15 is 0 Å². The van der Waals surface area contributed by atoms with E-state index in [2.05, 4.69) is 83.2 Å². The zero-order chi connectivity index (χ0) is 23.7. The van der Waals surface area contributed by atoms with Gasteiger partial charge in [0.2, 0.25) is 0 Å². The molecule has 3 fully saturated rings. The maximum Gasteiger partial charge on any atom is 0.0619 e. The van der Waals surface area contributed by atoms with Crippen LogP contribution in [0.2, 0.25) is 0 Å². The van der Waals surface area contributed by atoms with Gasteiger partial charge in [0, 0.05) is 0 Å². The molecule has 6 rings (SSSR count). The summed E-state index contributed by atoms with van der Waals surface area (Å²) in [5, 5.41) is 2.78. The van der Waals surface area contributed by atoms with Crippen LogP contribution in [0.1, 0.15) is 97.5 Å².